The van der Waals surface area contributed by atoms with Crippen LogP contribution in [0.4, 0.5) is 0 Å². The quantitative estimate of drug-likeness (QED) is 0.835. The Morgan fingerprint density at radius 1 is 1.11 bits per heavy atom. The second-order valence-electron chi connectivity index (χ2n) is 9.14. The smallest absolute Gasteiger partial charge is 0.227 e. The predicted molar refractivity (Wildman–Crippen MR) is 110 cm³/mol. The van der Waals surface area contributed by atoms with Gasteiger partial charge in [-0.05, 0) is 36.3 Å². The molecule has 1 heterocycles. The fourth-order valence-electron chi connectivity index (χ4n) is 3.69. The first-order valence-corrected chi connectivity index (χ1v) is 10.3. The molecule has 1 fully saturated rings. The molecule has 150 valence electrons. The van der Waals surface area contributed by atoms with Crippen molar-refractivity contribution in [1.29, 1.82) is 0 Å². The molecular formula is C23H36N2O2. The van der Waals surface area contributed by atoms with Crippen molar-refractivity contribution in [1.82, 2.24) is 10.2 Å². The van der Waals surface area contributed by atoms with Crippen LogP contribution >= 0.6 is 0 Å². The molecule has 1 unspecified atom stereocenters. The lowest BCUT2D eigenvalue weighted by Gasteiger charge is -2.36. The van der Waals surface area contributed by atoms with Crippen LogP contribution in [0.2, 0.25) is 0 Å². The Balaban J connectivity index is 1.97. The van der Waals surface area contributed by atoms with Gasteiger partial charge in [-0.1, -0.05) is 65.8 Å². The summed E-state index contributed by atoms with van der Waals surface area (Å²) in [4.78, 5) is 27.2. The normalized spacial score (nSPS) is 17.1. The highest BCUT2D eigenvalue weighted by atomic mass is 16.2. The van der Waals surface area contributed by atoms with Crippen LogP contribution in [0, 0.1) is 17.3 Å². The minimum atomic E-state index is -0.359. The van der Waals surface area contributed by atoms with Gasteiger partial charge in [-0.3, -0.25) is 9.59 Å². The molecule has 4 nitrogen and oxygen atoms in total. The number of hydrogen-bond acceptors (Lipinski definition) is 2. The van der Waals surface area contributed by atoms with Crippen molar-refractivity contribution in [2.75, 3.05) is 13.1 Å². The fraction of sp³-hybridized carbons (Fsp3) is 0.652. The van der Waals surface area contributed by atoms with Crippen LogP contribution in [-0.4, -0.2) is 29.8 Å². The number of rotatable bonds is 5. The molecule has 1 atom stereocenters. The van der Waals surface area contributed by atoms with Crippen molar-refractivity contribution >= 4 is 11.8 Å². The molecule has 2 rings (SSSR count). The highest BCUT2D eigenvalue weighted by Crippen LogP contribution is 2.26. The Kier molecular flexibility index (Phi) is 7.07. The summed E-state index contributed by atoms with van der Waals surface area (Å²) in [5, 5.41) is 3.27. The number of amides is 2. The van der Waals surface area contributed by atoms with E-state index in [4.69, 9.17) is 0 Å². The zero-order valence-corrected chi connectivity index (χ0v) is 17.8. The third kappa shape index (κ3) is 5.57. The van der Waals surface area contributed by atoms with Crippen LogP contribution < -0.4 is 5.32 Å². The van der Waals surface area contributed by atoms with Gasteiger partial charge < -0.3 is 10.2 Å². The Labute approximate surface area is 164 Å². The van der Waals surface area contributed by atoms with Crippen LogP contribution in [-0.2, 0) is 16.0 Å². The van der Waals surface area contributed by atoms with Crippen molar-refractivity contribution in [3.63, 3.8) is 0 Å². The van der Waals surface area contributed by atoms with E-state index in [9.17, 15) is 9.59 Å². The Morgan fingerprint density at radius 2 is 1.67 bits per heavy atom. The number of carbonyl (C=O) groups is 2. The molecule has 1 aromatic carbocycles. The molecule has 0 radical (unpaired) electrons. The molecule has 1 saturated heterocycles. The van der Waals surface area contributed by atoms with E-state index in [1.165, 1.54) is 5.56 Å². The Bertz CT molecular complexity index is 635. The van der Waals surface area contributed by atoms with E-state index in [1.54, 1.807) is 0 Å². The standard InChI is InChI=1S/C23H36N2O2/c1-7-17-8-10-18(11-9-17)20(16(2)3)24-21(26)19-12-14-25(15-13-19)22(27)23(4,5)6/h8-11,16,19-20H,7,12-15H2,1-6H3,(H,24,26). The zero-order chi connectivity index (χ0) is 20.2. The maximum absolute atomic E-state index is 12.9. The summed E-state index contributed by atoms with van der Waals surface area (Å²) in [7, 11) is 0. The molecule has 0 bridgehead atoms. The SMILES string of the molecule is CCc1ccc(C(NC(=O)C2CCN(C(=O)C(C)(C)C)CC2)C(C)C)cc1. The highest BCUT2D eigenvalue weighted by molar-refractivity contribution is 5.83. The van der Waals surface area contributed by atoms with Crippen LogP contribution in [0.25, 0.3) is 0 Å². The summed E-state index contributed by atoms with van der Waals surface area (Å²) in [6, 6.07) is 8.58. The largest absolute Gasteiger partial charge is 0.349 e. The van der Waals surface area contributed by atoms with Gasteiger partial charge in [0.25, 0.3) is 0 Å². The molecule has 2 amide bonds. The van der Waals surface area contributed by atoms with Crippen molar-refractivity contribution in [2.45, 2.75) is 66.8 Å². The van der Waals surface area contributed by atoms with Crippen LogP contribution in [0.15, 0.2) is 24.3 Å². The molecule has 0 aliphatic carbocycles. The van der Waals surface area contributed by atoms with Gasteiger partial charge in [-0.25, -0.2) is 0 Å². The van der Waals surface area contributed by atoms with Crippen molar-refractivity contribution in [3.8, 4) is 0 Å². The molecule has 0 aromatic heterocycles. The molecule has 1 aromatic rings. The minimum absolute atomic E-state index is 0.00909. The zero-order valence-electron chi connectivity index (χ0n) is 17.8. The number of likely N-dealkylation sites (tertiary alicyclic amines) is 1. The summed E-state index contributed by atoms with van der Waals surface area (Å²) in [6.45, 7) is 13.6. The molecule has 1 N–H and O–H groups in total. The molecule has 1 aliphatic rings. The first kappa shape index (κ1) is 21.5. The molecule has 0 saturated carbocycles. The number of nitrogens with zero attached hydrogens (tertiary/aromatic N) is 1. The summed E-state index contributed by atoms with van der Waals surface area (Å²) in [5.41, 5.74) is 2.11. The van der Waals surface area contributed by atoms with Gasteiger partial charge in [-0.15, -0.1) is 0 Å². The molecule has 4 heteroatoms. The molecular weight excluding hydrogens is 336 g/mol. The Morgan fingerprint density at radius 3 is 2.11 bits per heavy atom. The van der Waals surface area contributed by atoms with E-state index in [0.717, 1.165) is 24.8 Å². The summed E-state index contributed by atoms with van der Waals surface area (Å²) in [6.07, 6.45) is 2.51. The third-order valence-corrected chi connectivity index (χ3v) is 5.51. The van der Waals surface area contributed by atoms with E-state index in [-0.39, 0.29) is 29.2 Å². The summed E-state index contributed by atoms with van der Waals surface area (Å²) >= 11 is 0. The molecule has 0 spiro atoms. The first-order chi connectivity index (χ1) is 12.6. The van der Waals surface area contributed by atoms with Gasteiger partial charge in [0, 0.05) is 24.4 Å². The monoisotopic (exact) mass is 372 g/mol. The molecule has 1 aliphatic heterocycles. The fourth-order valence-corrected chi connectivity index (χ4v) is 3.69. The Hall–Kier alpha value is -1.84. The van der Waals surface area contributed by atoms with Crippen molar-refractivity contribution < 1.29 is 9.59 Å². The van der Waals surface area contributed by atoms with Gasteiger partial charge >= 0.3 is 0 Å². The van der Waals surface area contributed by atoms with E-state index in [0.29, 0.717) is 19.0 Å². The second kappa shape index (κ2) is 8.90. The maximum atomic E-state index is 12.9. The van der Waals surface area contributed by atoms with E-state index >= 15 is 0 Å². The van der Waals surface area contributed by atoms with Gasteiger partial charge in [0.15, 0.2) is 0 Å². The van der Waals surface area contributed by atoms with Crippen molar-refractivity contribution in [2.24, 2.45) is 17.3 Å². The second-order valence-corrected chi connectivity index (χ2v) is 9.14. The number of piperidine rings is 1. The average Bonchev–Trinajstić information content (AvgIpc) is 2.64. The van der Waals surface area contributed by atoms with Crippen LogP contribution in [0.1, 0.15) is 71.6 Å². The summed E-state index contributed by atoms with van der Waals surface area (Å²) in [5.74, 6) is 0.614. The highest BCUT2D eigenvalue weighted by Gasteiger charge is 2.33. The molecule has 27 heavy (non-hydrogen) atoms. The van der Waals surface area contributed by atoms with Gasteiger partial charge in [0.1, 0.15) is 0 Å². The number of hydrogen-bond donors (Lipinski definition) is 1. The maximum Gasteiger partial charge on any atom is 0.227 e. The lowest BCUT2D eigenvalue weighted by atomic mass is 9.89. The third-order valence-electron chi connectivity index (χ3n) is 5.51. The average molecular weight is 373 g/mol. The van der Waals surface area contributed by atoms with Gasteiger partial charge in [-0.2, -0.15) is 0 Å². The van der Waals surface area contributed by atoms with Gasteiger partial charge in [0.05, 0.1) is 6.04 Å². The number of benzene rings is 1. The van der Waals surface area contributed by atoms with E-state index in [2.05, 4.69) is 50.4 Å². The van der Waals surface area contributed by atoms with Crippen LogP contribution in [0.3, 0.4) is 0 Å². The predicted octanol–water partition coefficient (Wildman–Crippen LogP) is 4.35. The lowest BCUT2D eigenvalue weighted by molar-refractivity contribution is -0.142. The van der Waals surface area contributed by atoms with Crippen LogP contribution in [0.5, 0.6) is 0 Å². The number of nitrogens with one attached hydrogen (secondary N) is 1. The topological polar surface area (TPSA) is 49.4 Å². The summed E-state index contributed by atoms with van der Waals surface area (Å²) < 4.78 is 0. The first-order valence-electron chi connectivity index (χ1n) is 10.3. The van der Waals surface area contributed by atoms with E-state index in [1.807, 2.05) is 25.7 Å². The number of aryl methyl sites for hydroxylation is 1. The number of carbonyl (C=O) groups excluding carboxylic acids is 2. The van der Waals surface area contributed by atoms with Gasteiger partial charge in [0.2, 0.25) is 11.8 Å². The minimum Gasteiger partial charge on any atom is -0.349 e. The van der Waals surface area contributed by atoms with E-state index < -0.39 is 0 Å². The lowest BCUT2D eigenvalue weighted by Crippen LogP contribution is -2.47. The van der Waals surface area contributed by atoms with Crippen molar-refractivity contribution in [3.05, 3.63) is 35.4 Å².